The first-order valence-corrected chi connectivity index (χ1v) is 8.55. The molecule has 0 spiro atoms. The minimum Gasteiger partial charge on any atom is -0.381 e. The van der Waals surface area contributed by atoms with Crippen LogP contribution in [0.3, 0.4) is 0 Å². The first-order chi connectivity index (χ1) is 9.88. The summed E-state index contributed by atoms with van der Waals surface area (Å²) in [5.41, 5.74) is 0.719. The summed E-state index contributed by atoms with van der Waals surface area (Å²) in [6.07, 6.45) is 5.26. The summed E-state index contributed by atoms with van der Waals surface area (Å²) < 4.78 is 5.73. The molecule has 4 heteroatoms. The summed E-state index contributed by atoms with van der Waals surface area (Å²) in [5, 5.41) is 3.63. The van der Waals surface area contributed by atoms with Crippen LogP contribution in [-0.2, 0) is 4.74 Å². The second kappa shape index (κ2) is 6.95. The van der Waals surface area contributed by atoms with Gasteiger partial charge in [0.15, 0.2) is 0 Å². The Balaban J connectivity index is 1.90. The molecular weight excluding hydrogens is 262 g/mol. The molecule has 0 aromatic carbocycles. The van der Waals surface area contributed by atoms with Gasteiger partial charge in [-0.05, 0) is 46.8 Å². The third-order valence-corrected chi connectivity index (χ3v) is 5.47. The molecule has 21 heavy (non-hydrogen) atoms. The Morgan fingerprint density at radius 3 is 2.24 bits per heavy atom. The van der Waals surface area contributed by atoms with Crippen LogP contribution in [-0.4, -0.2) is 75.4 Å². The number of rotatable bonds is 8. The molecule has 0 amide bonds. The Bertz CT molecular complexity index is 320. The predicted molar refractivity (Wildman–Crippen MR) is 88.8 cm³/mol. The smallest absolute Gasteiger partial charge is 0.0547 e. The van der Waals surface area contributed by atoms with Gasteiger partial charge in [-0.3, -0.25) is 0 Å². The van der Waals surface area contributed by atoms with Crippen LogP contribution in [0.5, 0.6) is 0 Å². The molecule has 1 aliphatic heterocycles. The normalized spacial score (nSPS) is 28.6. The second-order valence-electron chi connectivity index (χ2n) is 7.98. The van der Waals surface area contributed by atoms with Crippen molar-refractivity contribution in [3.05, 3.63) is 0 Å². The maximum Gasteiger partial charge on any atom is 0.0547 e. The van der Waals surface area contributed by atoms with Crippen molar-refractivity contribution < 1.29 is 4.74 Å². The van der Waals surface area contributed by atoms with E-state index in [2.05, 4.69) is 50.1 Å². The van der Waals surface area contributed by atoms with E-state index in [9.17, 15) is 0 Å². The van der Waals surface area contributed by atoms with E-state index in [-0.39, 0.29) is 0 Å². The minimum atomic E-state index is 0.302. The van der Waals surface area contributed by atoms with Gasteiger partial charge in [0, 0.05) is 43.2 Å². The van der Waals surface area contributed by atoms with Gasteiger partial charge < -0.3 is 19.9 Å². The molecular formula is C17H35N3O. The lowest BCUT2D eigenvalue weighted by Gasteiger charge is -2.50. The van der Waals surface area contributed by atoms with Crippen LogP contribution >= 0.6 is 0 Å². The zero-order valence-corrected chi connectivity index (χ0v) is 14.7. The SMILES string of the molecule is CC(C)NCC1(CN(C)CC2(N(C)C)CCC2)CCOC1. The summed E-state index contributed by atoms with van der Waals surface area (Å²) >= 11 is 0. The van der Waals surface area contributed by atoms with Crippen LogP contribution in [0.4, 0.5) is 0 Å². The van der Waals surface area contributed by atoms with Crippen molar-refractivity contribution in [1.82, 2.24) is 15.1 Å². The molecule has 2 rings (SSSR count). The van der Waals surface area contributed by atoms with Crippen molar-refractivity contribution in [2.24, 2.45) is 5.41 Å². The van der Waals surface area contributed by atoms with Gasteiger partial charge in [0.1, 0.15) is 0 Å². The Kier molecular flexibility index (Phi) is 5.69. The fraction of sp³-hybridized carbons (Fsp3) is 1.00. The molecule has 1 saturated heterocycles. The van der Waals surface area contributed by atoms with Crippen molar-refractivity contribution in [3.63, 3.8) is 0 Å². The minimum absolute atomic E-state index is 0.302. The number of nitrogens with zero attached hydrogens (tertiary/aromatic N) is 2. The lowest BCUT2D eigenvalue weighted by Crippen LogP contribution is -2.58. The maximum atomic E-state index is 5.73. The molecule has 0 bridgehead atoms. The first kappa shape index (κ1) is 17.2. The van der Waals surface area contributed by atoms with E-state index in [0.29, 0.717) is 17.0 Å². The highest BCUT2D eigenvalue weighted by Gasteiger charge is 2.42. The van der Waals surface area contributed by atoms with E-state index < -0.39 is 0 Å². The highest BCUT2D eigenvalue weighted by atomic mass is 16.5. The quantitative estimate of drug-likeness (QED) is 0.739. The molecule has 0 aromatic rings. The van der Waals surface area contributed by atoms with Gasteiger partial charge in [-0.25, -0.2) is 0 Å². The topological polar surface area (TPSA) is 27.7 Å². The largest absolute Gasteiger partial charge is 0.381 e. The van der Waals surface area contributed by atoms with Crippen LogP contribution in [0.25, 0.3) is 0 Å². The van der Waals surface area contributed by atoms with E-state index >= 15 is 0 Å². The van der Waals surface area contributed by atoms with Crippen LogP contribution < -0.4 is 5.32 Å². The van der Waals surface area contributed by atoms with Gasteiger partial charge in [-0.15, -0.1) is 0 Å². The summed E-state index contributed by atoms with van der Waals surface area (Å²) in [7, 11) is 6.77. The van der Waals surface area contributed by atoms with Crippen molar-refractivity contribution in [1.29, 1.82) is 0 Å². The van der Waals surface area contributed by atoms with Crippen molar-refractivity contribution >= 4 is 0 Å². The van der Waals surface area contributed by atoms with E-state index in [1.54, 1.807) is 0 Å². The van der Waals surface area contributed by atoms with Gasteiger partial charge in [0.05, 0.1) is 6.61 Å². The highest BCUT2D eigenvalue weighted by Crippen LogP contribution is 2.37. The Morgan fingerprint density at radius 2 is 1.81 bits per heavy atom. The van der Waals surface area contributed by atoms with E-state index in [4.69, 9.17) is 4.74 Å². The first-order valence-electron chi connectivity index (χ1n) is 8.55. The molecule has 124 valence electrons. The lowest BCUT2D eigenvalue weighted by molar-refractivity contribution is 0.0136. The predicted octanol–water partition coefficient (Wildman–Crippen LogP) is 1.81. The molecule has 1 atom stereocenters. The number of likely N-dealkylation sites (N-methyl/N-ethyl adjacent to an activating group) is 2. The lowest BCUT2D eigenvalue weighted by atomic mass is 9.75. The van der Waals surface area contributed by atoms with Gasteiger partial charge in [-0.2, -0.15) is 0 Å². The molecule has 2 aliphatic rings. The zero-order chi connectivity index (χ0) is 15.5. The van der Waals surface area contributed by atoms with Crippen molar-refractivity contribution in [2.45, 2.75) is 51.1 Å². The molecule has 1 unspecified atom stereocenters. The Labute approximate surface area is 131 Å². The number of ether oxygens (including phenoxy) is 1. The van der Waals surface area contributed by atoms with Crippen molar-refractivity contribution in [2.75, 3.05) is 54.0 Å². The molecule has 1 heterocycles. The number of nitrogens with one attached hydrogen (secondary N) is 1. The monoisotopic (exact) mass is 297 g/mol. The van der Waals surface area contributed by atoms with Crippen molar-refractivity contribution in [3.8, 4) is 0 Å². The summed E-state index contributed by atoms with van der Waals surface area (Å²) in [6, 6.07) is 0.549. The average molecular weight is 297 g/mol. The number of hydrogen-bond donors (Lipinski definition) is 1. The molecule has 4 nitrogen and oxygen atoms in total. The molecule has 0 radical (unpaired) electrons. The highest BCUT2D eigenvalue weighted by molar-refractivity contribution is 4.99. The molecule has 1 saturated carbocycles. The third kappa shape index (κ3) is 4.19. The van der Waals surface area contributed by atoms with Crippen LogP contribution in [0.1, 0.15) is 39.5 Å². The van der Waals surface area contributed by atoms with Gasteiger partial charge in [-0.1, -0.05) is 13.8 Å². The maximum absolute atomic E-state index is 5.73. The molecule has 1 N–H and O–H groups in total. The Morgan fingerprint density at radius 1 is 1.10 bits per heavy atom. The second-order valence-corrected chi connectivity index (χ2v) is 7.98. The molecule has 2 fully saturated rings. The van der Waals surface area contributed by atoms with Crippen LogP contribution in [0.2, 0.25) is 0 Å². The van der Waals surface area contributed by atoms with E-state index in [0.717, 1.165) is 26.3 Å². The standard InChI is InChI=1S/C17H35N3O/c1-15(2)18-11-16(9-10-21-14-16)12-20(5)13-17(19(3)4)7-6-8-17/h15,18H,6-14H2,1-5H3. The van der Waals surface area contributed by atoms with Gasteiger partial charge in [0.25, 0.3) is 0 Å². The van der Waals surface area contributed by atoms with Crippen LogP contribution in [0.15, 0.2) is 0 Å². The average Bonchev–Trinajstić information content (AvgIpc) is 2.80. The summed E-state index contributed by atoms with van der Waals surface area (Å²) in [5.74, 6) is 0. The number of hydrogen-bond acceptors (Lipinski definition) is 4. The summed E-state index contributed by atoms with van der Waals surface area (Å²) in [6.45, 7) is 9.68. The molecule has 0 aromatic heterocycles. The van der Waals surface area contributed by atoms with Gasteiger partial charge >= 0.3 is 0 Å². The van der Waals surface area contributed by atoms with E-state index in [1.165, 1.54) is 32.2 Å². The Hall–Kier alpha value is -0.160. The zero-order valence-electron chi connectivity index (χ0n) is 14.7. The molecule has 1 aliphatic carbocycles. The van der Waals surface area contributed by atoms with Crippen LogP contribution in [0, 0.1) is 5.41 Å². The fourth-order valence-electron chi connectivity index (χ4n) is 3.85. The summed E-state index contributed by atoms with van der Waals surface area (Å²) in [4.78, 5) is 4.99. The van der Waals surface area contributed by atoms with E-state index in [1.807, 2.05) is 0 Å². The third-order valence-electron chi connectivity index (χ3n) is 5.47. The van der Waals surface area contributed by atoms with Gasteiger partial charge in [0.2, 0.25) is 0 Å². The fourth-order valence-corrected chi connectivity index (χ4v) is 3.85.